The quantitative estimate of drug-likeness (QED) is 0.669. The van der Waals surface area contributed by atoms with Crippen molar-refractivity contribution in [2.24, 2.45) is 9.50 Å². The monoisotopic (exact) mass is 443 g/mol. The molecule has 4 N–H and O–H groups in total. The molecule has 4 rings (SSSR count). The number of nitrogens with two attached hydrogens (primary N) is 1. The molecule has 31 heavy (non-hydrogen) atoms. The zero-order chi connectivity index (χ0) is 22.6. The van der Waals surface area contributed by atoms with Crippen molar-refractivity contribution < 1.29 is 14.1 Å². The van der Waals surface area contributed by atoms with Gasteiger partial charge in [-0.1, -0.05) is 13.8 Å². The van der Waals surface area contributed by atoms with Crippen LogP contribution in [0.1, 0.15) is 68.6 Å². The Kier molecular flexibility index (Phi) is 5.19. The Morgan fingerprint density at radius 1 is 1.29 bits per heavy atom. The van der Waals surface area contributed by atoms with Crippen LogP contribution in [0.5, 0.6) is 0 Å². The molecule has 2 amide bonds. The molecular formula is C22H29N5O3S. The van der Waals surface area contributed by atoms with Crippen LogP contribution < -0.4 is 10.5 Å². The Morgan fingerprint density at radius 3 is 2.74 bits per heavy atom. The van der Waals surface area contributed by atoms with E-state index in [9.17, 15) is 14.1 Å². The smallest absolute Gasteiger partial charge is 0.354 e. The van der Waals surface area contributed by atoms with Gasteiger partial charge in [-0.2, -0.15) is 0 Å². The predicted molar refractivity (Wildman–Crippen MR) is 119 cm³/mol. The van der Waals surface area contributed by atoms with Crippen LogP contribution in [0.3, 0.4) is 0 Å². The van der Waals surface area contributed by atoms with Gasteiger partial charge in [0.1, 0.15) is 0 Å². The predicted octanol–water partition coefficient (Wildman–Crippen LogP) is 3.35. The third kappa shape index (κ3) is 4.09. The molecule has 2 aliphatic rings. The molecule has 8 nitrogen and oxygen atoms in total. The number of pyridine rings is 2. The van der Waals surface area contributed by atoms with Crippen molar-refractivity contribution in [1.82, 2.24) is 9.97 Å². The Morgan fingerprint density at radius 2 is 2.03 bits per heavy atom. The van der Waals surface area contributed by atoms with Gasteiger partial charge in [0, 0.05) is 17.3 Å². The lowest BCUT2D eigenvalue weighted by Crippen LogP contribution is -2.22. The summed E-state index contributed by atoms with van der Waals surface area (Å²) in [5.41, 5.74) is 4.16. The van der Waals surface area contributed by atoms with Gasteiger partial charge in [-0.05, 0) is 74.8 Å². The number of urea groups is 1. The minimum Gasteiger partial charge on any atom is -0.386 e. The zero-order valence-electron chi connectivity index (χ0n) is 18.4. The molecule has 0 fully saturated rings. The minimum atomic E-state index is -3.59. The molecule has 2 aromatic heterocycles. The summed E-state index contributed by atoms with van der Waals surface area (Å²) >= 11 is 0. The van der Waals surface area contributed by atoms with Crippen LogP contribution in [0.25, 0.3) is 0 Å². The van der Waals surface area contributed by atoms with Crippen LogP contribution in [0.2, 0.25) is 0 Å². The first-order valence-electron chi connectivity index (χ1n) is 10.5. The van der Waals surface area contributed by atoms with Crippen LogP contribution in [-0.2, 0) is 40.2 Å². The van der Waals surface area contributed by atoms with E-state index in [1.165, 1.54) is 12.3 Å². The van der Waals surface area contributed by atoms with E-state index in [-0.39, 0.29) is 10.4 Å². The molecular weight excluding hydrogens is 414 g/mol. The number of aliphatic hydroxyl groups is 1. The second-order valence-electron chi connectivity index (χ2n) is 9.51. The van der Waals surface area contributed by atoms with Crippen molar-refractivity contribution in [3.05, 3.63) is 46.4 Å². The molecule has 9 heteroatoms. The Bertz CT molecular complexity index is 1190. The molecule has 0 aromatic carbocycles. The fraction of sp³-hybridized carbons (Fsp3) is 0.500. The number of amides is 2. The molecule has 0 radical (unpaired) electrons. The summed E-state index contributed by atoms with van der Waals surface area (Å²) in [4.78, 5) is 21.7. The SMILES string of the molecule is CC(C)(O)c1ccnc([S@](N)(=O)=NC(=O)Nc2c3c(nc4c2CCC4(C)C)CCC3)c1. The first-order chi connectivity index (χ1) is 14.4. The number of anilines is 1. The van der Waals surface area contributed by atoms with E-state index in [4.69, 9.17) is 10.1 Å². The Labute approximate surface area is 183 Å². The largest absolute Gasteiger partial charge is 0.386 e. The van der Waals surface area contributed by atoms with Gasteiger partial charge in [0.2, 0.25) is 0 Å². The summed E-state index contributed by atoms with van der Waals surface area (Å²) in [6.07, 6.45) is 5.91. The second-order valence-corrected chi connectivity index (χ2v) is 11.2. The molecule has 1 atom stereocenters. The average Bonchev–Trinajstić information content (AvgIpc) is 3.25. The van der Waals surface area contributed by atoms with Gasteiger partial charge in [0.25, 0.3) is 0 Å². The first-order valence-corrected chi connectivity index (χ1v) is 12.1. The molecule has 0 saturated heterocycles. The highest BCUT2D eigenvalue weighted by Crippen LogP contribution is 2.44. The van der Waals surface area contributed by atoms with E-state index in [2.05, 4.69) is 28.5 Å². The summed E-state index contributed by atoms with van der Waals surface area (Å²) in [5.74, 6) is 0. The molecule has 2 aromatic rings. The topological polar surface area (TPSA) is 131 Å². The normalized spacial score (nSPS) is 18.8. The highest BCUT2D eigenvalue weighted by atomic mass is 32.2. The van der Waals surface area contributed by atoms with Crippen LogP contribution in [0, 0.1) is 0 Å². The van der Waals surface area contributed by atoms with Crippen LogP contribution in [0.4, 0.5) is 10.5 Å². The highest BCUT2D eigenvalue weighted by molar-refractivity contribution is 7.91. The van der Waals surface area contributed by atoms with Crippen molar-refractivity contribution >= 4 is 21.6 Å². The van der Waals surface area contributed by atoms with Gasteiger partial charge >= 0.3 is 6.03 Å². The van der Waals surface area contributed by atoms with E-state index < -0.39 is 21.5 Å². The Balaban J connectivity index is 1.70. The number of aryl methyl sites for hydroxylation is 1. The van der Waals surface area contributed by atoms with Crippen molar-refractivity contribution in [1.29, 1.82) is 0 Å². The molecule has 0 saturated carbocycles. The maximum atomic E-state index is 13.0. The van der Waals surface area contributed by atoms with Crippen LogP contribution in [0.15, 0.2) is 27.7 Å². The third-order valence-corrected chi connectivity index (χ3v) is 7.42. The fourth-order valence-electron chi connectivity index (χ4n) is 4.38. The lowest BCUT2D eigenvalue weighted by Gasteiger charge is -2.20. The fourth-order valence-corrected chi connectivity index (χ4v) is 5.28. The minimum absolute atomic E-state index is 0.0476. The summed E-state index contributed by atoms with van der Waals surface area (Å²) in [5, 5.41) is 18.9. The third-order valence-electron chi connectivity index (χ3n) is 6.16. The number of carbonyl (C=O) groups excluding carboxylic acids is 1. The maximum Gasteiger partial charge on any atom is 0.354 e. The van der Waals surface area contributed by atoms with Crippen molar-refractivity contribution in [2.75, 3.05) is 5.32 Å². The lowest BCUT2D eigenvalue weighted by atomic mass is 9.90. The summed E-state index contributed by atoms with van der Waals surface area (Å²) in [7, 11) is -3.59. The van der Waals surface area contributed by atoms with Crippen LogP contribution >= 0.6 is 0 Å². The second kappa shape index (κ2) is 7.36. The number of carbonyl (C=O) groups is 1. The standard InChI is InChI=1S/C22H29N5O3S/c1-21(2)10-8-15-18(14-6-5-7-16(14)25-19(15)21)26-20(28)27-31(23,30)17-12-13(9-11-24-17)22(3,4)29/h9,11-12,29H,5-8,10H2,1-4H3,(H3,23,25,26,27,28,30)/t31-/m1/s1. The molecule has 0 aliphatic heterocycles. The summed E-state index contributed by atoms with van der Waals surface area (Å²) in [6.45, 7) is 7.52. The van der Waals surface area contributed by atoms with E-state index in [0.717, 1.165) is 60.3 Å². The highest BCUT2D eigenvalue weighted by Gasteiger charge is 2.36. The van der Waals surface area contributed by atoms with Gasteiger partial charge in [-0.25, -0.2) is 19.1 Å². The average molecular weight is 444 g/mol. The van der Waals surface area contributed by atoms with Gasteiger partial charge in [-0.15, -0.1) is 4.36 Å². The molecule has 2 aliphatic carbocycles. The van der Waals surface area contributed by atoms with Crippen LogP contribution in [-0.4, -0.2) is 25.3 Å². The van der Waals surface area contributed by atoms with Gasteiger partial charge in [-0.3, -0.25) is 4.98 Å². The van der Waals surface area contributed by atoms with Crippen molar-refractivity contribution in [3.63, 3.8) is 0 Å². The van der Waals surface area contributed by atoms with Gasteiger partial charge in [0.15, 0.2) is 14.9 Å². The van der Waals surface area contributed by atoms with E-state index in [0.29, 0.717) is 5.56 Å². The molecule has 166 valence electrons. The number of aromatic nitrogens is 2. The van der Waals surface area contributed by atoms with E-state index >= 15 is 0 Å². The summed E-state index contributed by atoms with van der Waals surface area (Å²) in [6, 6.07) is 2.25. The number of nitrogens with zero attached hydrogens (tertiary/aromatic N) is 3. The van der Waals surface area contributed by atoms with Gasteiger partial charge in [0.05, 0.1) is 17.0 Å². The first kappa shape index (κ1) is 21.9. The number of rotatable bonds is 3. The zero-order valence-corrected chi connectivity index (χ0v) is 19.2. The van der Waals surface area contributed by atoms with Crippen molar-refractivity contribution in [3.8, 4) is 0 Å². The number of fused-ring (bicyclic) bond motifs is 2. The van der Waals surface area contributed by atoms with Gasteiger partial charge < -0.3 is 10.4 Å². The maximum absolute atomic E-state index is 13.0. The van der Waals surface area contributed by atoms with Crippen molar-refractivity contribution in [2.45, 2.75) is 75.8 Å². The van der Waals surface area contributed by atoms with E-state index in [1.807, 2.05) is 0 Å². The Hall–Kier alpha value is -2.36. The molecule has 0 unspecified atom stereocenters. The lowest BCUT2D eigenvalue weighted by molar-refractivity contribution is 0.0782. The molecule has 2 heterocycles. The summed E-state index contributed by atoms with van der Waals surface area (Å²) < 4.78 is 16.8. The number of nitrogens with one attached hydrogen (secondary N) is 1. The number of hydrogen-bond donors (Lipinski definition) is 3. The van der Waals surface area contributed by atoms with E-state index in [1.54, 1.807) is 19.9 Å². The molecule has 0 spiro atoms. The molecule has 0 bridgehead atoms. The number of hydrogen-bond acceptors (Lipinski definition) is 5.